The van der Waals surface area contributed by atoms with Gasteiger partial charge in [0.1, 0.15) is 11.5 Å². The van der Waals surface area contributed by atoms with Crippen molar-refractivity contribution in [3.8, 4) is 17.1 Å². The number of thioether (sulfide) groups is 1. The molecule has 0 radical (unpaired) electrons. The molecular formula is C21H22O8S. The van der Waals surface area contributed by atoms with E-state index in [0.29, 0.717) is 11.5 Å². The van der Waals surface area contributed by atoms with Crippen molar-refractivity contribution in [2.24, 2.45) is 0 Å². The highest BCUT2D eigenvalue weighted by Gasteiger charge is 2.47. The maximum absolute atomic E-state index is 11.7. The number of benzene rings is 1. The van der Waals surface area contributed by atoms with Gasteiger partial charge in [0.05, 0.1) is 6.26 Å². The molecule has 1 fully saturated rings. The van der Waals surface area contributed by atoms with E-state index in [-0.39, 0.29) is 0 Å². The maximum atomic E-state index is 11.7. The molecule has 30 heavy (non-hydrogen) atoms. The number of ether oxygens (including phenoxy) is 4. The van der Waals surface area contributed by atoms with E-state index in [0.717, 1.165) is 11.3 Å². The minimum Gasteiger partial charge on any atom is -0.476 e. The van der Waals surface area contributed by atoms with E-state index < -0.39 is 41.7 Å². The lowest BCUT2D eigenvalue weighted by molar-refractivity contribution is -0.186. The summed E-state index contributed by atoms with van der Waals surface area (Å²) in [6, 6.07) is 10.9. The average Bonchev–Trinajstić information content (AvgIpc) is 3.20. The highest BCUT2D eigenvalue weighted by molar-refractivity contribution is 7.99. The molecule has 1 aliphatic heterocycles. The van der Waals surface area contributed by atoms with E-state index in [1.54, 1.807) is 24.5 Å². The Balaban J connectivity index is 1.80. The van der Waals surface area contributed by atoms with Gasteiger partial charge in [-0.1, -0.05) is 0 Å². The molecule has 0 spiro atoms. The molecule has 0 unspecified atom stereocenters. The van der Waals surface area contributed by atoms with Crippen LogP contribution >= 0.6 is 11.8 Å². The Kier molecular flexibility index (Phi) is 7.04. The molecule has 0 bridgehead atoms. The Bertz CT molecular complexity index is 877. The van der Waals surface area contributed by atoms with Crippen LogP contribution in [0.15, 0.2) is 47.1 Å². The molecule has 0 aliphatic carbocycles. The quantitative estimate of drug-likeness (QED) is 0.501. The lowest BCUT2D eigenvalue weighted by Gasteiger charge is -2.39. The highest BCUT2D eigenvalue weighted by Crippen LogP contribution is 2.34. The van der Waals surface area contributed by atoms with Gasteiger partial charge in [-0.15, -0.1) is 11.8 Å². The number of carbonyl (C=O) groups excluding carboxylic acids is 3. The van der Waals surface area contributed by atoms with E-state index >= 15 is 0 Å². The monoisotopic (exact) mass is 434 g/mol. The molecule has 160 valence electrons. The Morgan fingerprint density at radius 3 is 2.10 bits per heavy atom. The van der Waals surface area contributed by atoms with Crippen LogP contribution in [0.3, 0.4) is 0 Å². The summed E-state index contributed by atoms with van der Waals surface area (Å²) in [6.45, 7) is 3.75. The summed E-state index contributed by atoms with van der Waals surface area (Å²) in [5.74, 6) is -0.0966. The predicted molar refractivity (Wildman–Crippen MR) is 108 cm³/mol. The maximum Gasteiger partial charge on any atom is 0.303 e. The second kappa shape index (κ2) is 9.71. The molecule has 0 amide bonds. The molecule has 0 saturated carbocycles. The van der Waals surface area contributed by atoms with Crippen LogP contribution < -0.4 is 4.74 Å². The first-order valence-electron chi connectivity index (χ1n) is 9.27. The van der Waals surface area contributed by atoms with E-state index in [2.05, 4.69) is 0 Å². The Labute approximate surface area is 177 Å². The number of carbonyl (C=O) groups is 3. The topological polar surface area (TPSA) is 101 Å². The zero-order valence-electron chi connectivity index (χ0n) is 16.7. The van der Waals surface area contributed by atoms with Gasteiger partial charge in [0.2, 0.25) is 0 Å². The van der Waals surface area contributed by atoms with Crippen molar-refractivity contribution in [2.75, 3.05) is 5.75 Å². The molecule has 1 aromatic carbocycles. The molecule has 9 heteroatoms. The third-order valence-corrected chi connectivity index (χ3v) is 5.43. The second-order valence-corrected chi connectivity index (χ2v) is 7.75. The van der Waals surface area contributed by atoms with Crippen LogP contribution in [0.2, 0.25) is 0 Å². The van der Waals surface area contributed by atoms with Gasteiger partial charge in [-0.25, -0.2) is 0 Å². The summed E-state index contributed by atoms with van der Waals surface area (Å²) in [5, 5.41) is 0. The Morgan fingerprint density at radius 1 is 0.900 bits per heavy atom. The van der Waals surface area contributed by atoms with Gasteiger partial charge in [-0.3, -0.25) is 14.4 Å². The number of hydrogen-bond donors (Lipinski definition) is 0. The summed E-state index contributed by atoms with van der Waals surface area (Å²) in [7, 11) is 0. The van der Waals surface area contributed by atoms with E-state index in [1.807, 2.05) is 18.2 Å². The second-order valence-electron chi connectivity index (χ2n) is 6.62. The fraction of sp³-hybridized carbons (Fsp3) is 0.381. The number of furan rings is 1. The van der Waals surface area contributed by atoms with Crippen molar-refractivity contribution in [3.63, 3.8) is 0 Å². The molecule has 0 N–H and O–H groups in total. The summed E-state index contributed by atoms with van der Waals surface area (Å²) in [5.41, 5.74) is 0.215. The van der Waals surface area contributed by atoms with Crippen LogP contribution in [0.1, 0.15) is 20.8 Å². The summed E-state index contributed by atoms with van der Waals surface area (Å²) >= 11 is 1.30. The van der Waals surface area contributed by atoms with Crippen LogP contribution in [0.25, 0.3) is 11.3 Å². The SMILES string of the molecule is CC(=O)O[C@@H]1[C@@H](OC(C)=O)[C@@H](Oc2ccc(-c3ccco3)cc2)SC[C@H]1OC(C)=O. The van der Waals surface area contributed by atoms with Crippen molar-refractivity contribution in [1.29, 1.82) is 0 Å². The molecule has 8 nitrogen and oxygen atoms in total. The van der Waals surface area contributed by atoms with Crippen molar-refractivity contribution in [3.05, 3.63) is 42.7 Å². The lowest BCUT2D eigenvalue weighted by Crippen LogP contribution is -2.55. The smallest absolute Gasteiger partial charge is 0.303 e. The van der Waals surface area contributed by atoms with Crippen molar-refractivity contribution in [1.82, 2.24) is 0 Å². The third-order valence-electron chi connectivity index (χ3n) is 4.22. The first kappa shape index (κ1) is 21.8. The van der Waals surface area contributed by atoms with E-state index in [1.165, 1.54) is 32.5 Å². The fourth-order valence-corrected chi connectivity index (χ4v) is 4.30. The van der Waals surface area contributed by atoms with Crippen LogP contribution in [-0.4, -0.2) is 47.4 Å². The van der Waals surface area contributed by atoms with Crippen LogP contribution in [0.5, 0.6) is 5.75 Å². The van der Waals surface area contributed by atoms with Gasteiger partial charge in [-0.2, -0.15) is 0 Å². The zero-order chi connectivity index (χ0) is 21.7. The standard InChI is InChI=1S/C21H22O8S/c1-12(22)26-18-11-30-21(20(28-14(3)24)19(18)27-13(2)23)29-16-8-6-15(7-9-16)17-5-4-10-25-17/h4-10,18-21H,11H2,1-3H3/t18-,19+,20-,21+/m1/s1. The van der Waals surface area contributed by atoms with E-state index in [9.17, 15) is 14.4 Å². The van der Waals surface area contributed by atoms with Gasteiger partial charge in [0, 0.05) is 32.1 Å². The normalized spacial score (nSPS) is 23.3. The summed E-state index contributed by atoms with van der Waals surface area (Å²) in [6.07, 6.45) is -1.11. The minimum atomic E-state index is -0.982. The van der Waals surface area contributed by atoms with Gasteiger partial charge < -0.3 is 23.4 Å². The van der Waals surface area contributed by atoms with Crippen molar-refractivity contribution < 1.29 is 37.7 Å². The predicted octanol–water partition coefficient (Wildman–Crippen LogP) is 3.19. The lowest BCUT2D eigenvalue weighted by atomic mass is 10.1. The number of rotatable bonds is 6. The largest absolute Gasteiger partial charge is 0.476 e. The molecular weight excluding hydrogens is 412 g/mol. The van der Waals surface area contributed by atoms with Crippen molar-refractivity contribution in [2.45, 2.75) is 44.5 Å². The van der Waals surface area contributed by atoms with Gasteiger partial charge in [-0.05, 0) is 36.4 Å². The molecule has 4 atom stereocenters. The average molecular weight is 434 g/mol. The summed E-state index contributed by atoms with van der Waals surface area (Å²) < 4.78 is 27.5. The molecule has 2 aromatic rings. The number of esters is 3. The fourth-order valence-electron chi connectivity index (χ4n) is 3.08. The molecule has 2 heterocycles. The van der Waals surface area contributed by atoms with E-state index in [4.69, 9.17) is 23.4 Å². The minimum absolute atomic E-state index is 0.310. The first-order valence-corrected chi connectivity index (χ1v) is 10.3. The first-order chi connectivity index (χ1) is 14.3. The zero-order valence-corrected chi connectivity index (χ0v) is 17.5. The summed E-state index contributed by atoms with van der Waals surface area (Å²) in [4.78, 5) is 34.8. The van der Waals surface area contributed by atoms with Gasteiger partial charge in [0.25, 0.3) is 0 Å². The third kappa shape index (κ3) is 5.56. The Hall–Kier alpha value is -2.94. The molecule has 3 rings (SSSR count). The van der Waals surface area contributed by atoms with Gasteiger partial charge >= 0.3 is 17.9 Å². The molecule has 1 aliphatic rings. The van der Waals surface area contributed by atoms with Crippen molar-refractivity contribution >= 4 is 29.7 Å². The van der Waals surface area contributed by atoms with Gasteiger partial charge in [0.15, 0.2) is 23.7 Å². The van der Waals surface area contributed by atoms with Crippen LogP contribution in [-0.2, 0) is 28.6 Å². The van der Waals surface area contributed by atoms with Crippen LogP contribution in [0.4, 0.5) is 0 Å². The Morgan fingerprint density at radius 2 is 1.53 bits per heavy atom. The molecule has 1 saturated heterocycles. The number of hydrogen-bond acceptors (Lipinski definition) is 9. The highest BCUT2D eigenvalue weighted by atomic mass is 32.2. The van der Waals surface area contributed by atoms with Crippen LogP contribution in [0, 0.1) is 0 Å². The molecule has 1 aromatic heterocycles.